The van der Waals surface area contributed by atoms with Gasteiger partial charge in [-0.15, -0.1) is 0 Å². The number of ether oxygens (including phenoxy) is 2. The molecular formula is C22H22BrF2N3O2. The third-order valence-corrected chi connectivity index (χ3v) is 6.63. The summed E-state index contributed by atoms with van der Waals surface area (Å²) in [6.07, 6.45) is 2.47. The van der Waals surface area contributed by atoms with E-state index in [1.54, 1.807) is 24.3 Å². The molecule has 2 aromatic carbocycles. The fraction of sp³-hybridized carbons (Fsp3) is 0.409. The summed E-state index contributed by atoms with van der Waals surface area (Å²) in [5.74, 6) is 1.07. The Labute approximate surface area is 182 Å². The van der Waals surface area contributed by atoms with Crippen LogP contribution in [-0.4, -0.2) is 48.1 Å². The molecule has 0 bridgehead atoms. The van der Waals surface area contributed by atoms with E-state index in [-0.39, 0.29) is 11.8 Å². The molecule has 0 radical (unpaired) electrons. The van der Waals surface area contributed by atoms with Gasteiger partial charge in [0.05, 0.1) is 11.8 Å². The van der Waals surface area contributed by atoms with Gasteiger partial charge in [-0.2, -0.15) is 13.9 Å². The minimum atomic E-state index is -2.83. The number of piperidine rings is 1. The summed E-state index contributed by atoms with van der Waals surface area (Å²) in [6, 6.07) is 12.9. The van der Waals surface area contributed by atoms with Gasteiger partial charge in [0.1, 0.15) is 11.5 Å². The SMILES string of the molecule is CN1CCC2(CC1)Oc1ccc(Br)cc1[C@@H]1CC(c3ccc(OC(F)F)cc3)=NN12. The topological polar surface area (TPSA) is 37.3 Å². The first-order valence-electron chi connectivity index (χ1n) is 10.0. The molecule has 3 heterocycles. The van der Waals surface area contributed by atoms with Crippen LogP contribution in [0.1, 0.15) is 36.4 Å². The van der Waals surface area contributed by atoms with Crippen LogP contribution in [0.25, 0.3) is 0 Å². The Morgan fingerprint density at radius 2 is 1.90 bits per heavy atom. The Bertz CT molecular complexity index is 975. The van der Waals surface area contributed by atoms with Crippen LogP contribution in [0.2, 0.25) is 0 Å². The standard InChI is InChI=1S/C22H22BrF2N3O2/c1-27-10-8-22(9-11-27)28-19(17-12-15(23)4-7-20(17)30-22)13-18(26-28)14-2-5-16(6-3-14)29-21(24)25/h2-7,12,19,21H,8-11,13H2,1H3/t19-/m0/s1. The Morgan fingerprint density at radius 1 is 1.17 bits per heavy atom. The van der Waals surface area contributed by atoms with Crippen molar-refractivity contribution in [2.24, 2.45) is 5.10 Å². The van der Waals surface area contributed by atoms with Gasteiger partial charge in [-0.25, -0.2) is 5.01 Å². The molecule has 0 saturated carbocycles. The van der Waals surface area contributed by atoms with Gasteiger partial charge in [0.15, 0.2) is 0 Å². The van der Waals surface area contributed by atoms with Crippen LogP contribution in [0, 0.1) is 0 Å². The number of likely N-dealkylation sites (tertiary alicyclic amines) is 1. The molecule has 30 heavy (non-hydrogen) atoms. The second kappa shape index (κ2) is 7.50. The van der Waals surface area contributed by atoms with Gasteiger partial charge in [-0.1, -0.05) is 15.9 Å². The van der Waals surface area contributed by atoms with Gasteiger partial charge in [0.25, 0.3) is 0 Å². The predicted molar refractivity (Wildman–Crippen MR) is 113 cm³/mol. The van der Waals surface area contributed by atoms with Crippen molar-refractivity contribution in [3.05, 3.63) is 58.1 Å². The Kier molecular flexibility index (Phi) is 4.94. The van der Waals surface area contributed by atoms with Crippen molar-refractivity contribution in [1.82, 2.24) is 9.91 Å². The van der Waals surface area contributed by atoms with Crippen LogP contribution >= 0.6 is 15.9 Å². The summed E-state index contributed by atoms with van der Waals surface area (Å²) in [7, 11) is 2.12. The zero-order valence-electron chi connectivity index (χ0n) is 16.5. The first-order valence-corrected chi connectivity index (χ1v) is 10.8. The van der Waals surface area contributed by atoms with E-state index in [1.807, 2.05) is 12.1 Å². The highest BCUT2D eigenvalue weighted by molar-refractivity contribution is 9.10. The van der Waals surface area contributed by atoms with Gasteiger partial charge in [0, 0.05) is 42.4 Å². The van der Waals surface area contributed by atoms with Crippen molar-refractivity contribution in [3.63, 3.8) is 0 Å². The third-order valence-electron chi connectivity index (χ3n) is 6.14. The summed E-state index contributed by atoms with van der Waals surface area (Å²) in [6.45, 7) is -0.941. The molecule has 3 aliphatic heterocycles. The van der Waals surface area contributed by atoms with Crippen LogP contribution < -0.4 is 9.47 Å². The van der Waals surface area contributed by atoms with E-state index in [1.165, 1.54) is 0 Å². The average Bonchev–Trinajstić information content (AvgIpc) is 3.18. The summed E-state index contributed by atoms with van der Waals surface area (Å²) in [4.78, 5) is 2.31. The van der Waals surface area contributed by atoms with Gasteiger partial charge >= 0.3 is 6.61 Å². The molecule has 0 unspecified atom stereocenters. The van der Waals surface area contributed by atoms with Crippen LogP contribution in [-0.2, 0) is 0 Å². The average molecular weight is 478 g/mol. The fourth-order valence-electron chi connectivity index (χ4n) is 4.55. The number of halogens is 3. The molecule has 5 rings (SSSR count). The smallest absolute Gasteiger partial charge is 0.387 e. The quantitative estimate of drug-likeness (QED) is 0.622. The molecule has 1 fully saturated rings. The number of hydrogen-bond donors (Lipinski definition) is 0. The van der Waals surface area contributed by atoms with Crippen molar-refractivity contribution < 1.29 is 18.3 Å². The van der Waals surface area contributed by atoms with Gasteiger partial charge in [0.2, 0.25) is 5.72 Å². The Hall–Kier alpha value is -2.19. The number of hydrazone groups is 1. The molecule has 8 heteroatoms. The highest BCUT2D eigenvalue weighted by atomic mass is 79.9. The second-order valence-corrected chi connectivity index (χ2v) is 8.96. The molecule has 1 spiro atoms. The lowest BCUT2D eigenvalue weighted by Gasteiger charge is -2.50. The molecule has 1 atom stereocenters. The van der Waals surface area contributed by atoms with Crippen molar-refractivity contribution in [3.8, 4) is 11.5 Å². The van der Waals surface area contributed by atoms with E-state index in [0.29, 0.717) is 0 Å². The van der Waals surface area contributed by atoms with Crippen LogP contribution in [0.15, 0.2) is 52.0 Å². The molecule has 0 N–H and O–H groups in total. The molecule has 1 saturated heterocycles. The highest BCUT2D eigenvalue weighted by Crippen LogP contribution is 2.50. The zero-order valence-corrected chi connectivity index (χ0v) is 18.1. The van der Waals surface area contributed by atoms with E-state index in [2.05, 4.69) is 43.7 Å². The molecule has 0 aliphatic carbocycles. The largest absolute Gasteiger partial charge is 0.466 e. The van der Waals surface area contributed by atoms with Crippen molar-refractivity contribution in [2.75, 3.05) is 20.1 Å². The summed E-state index contributed by atoms with van der Waals surface area (Å²) in [5, 5.41) is 7.15. The molecule has 158 valence electrons. The molecular weight excluding hydrogens is 456 g/mol. The van der Waals surface area contributed by atoms with Gasteiger partial charge in [-0.3, -0.25) is 0 Å². The van der Waals surface area contributed by atoms with E-state index < -0.39 is 12.3 Å². The maximum atomic E-state index is 12.5. The molecule has 0 aromatic heterocycles. The molecule has 5 nitrogen and oxygen atoms in total. The first-order chi connectivity index (χ1) is 14.4. The minimum Gasteiger partial charge on any atom is -0.466 e. The van der Waals surface area contributed by atoms with Crippen LogP contribution in [0.4, 0.5) is 8.78 Å². The predicted octanol–water partition coefficient (Wildman–Crippen LogP) is 5.02. The number of benzene rings is 2. The van der Waals surface area contributed by atoms with E-state index in [9.17, 15) is 8.78 Å². The Morgan fingerprint density at radius 3 is 2.60 bits per heavy atom. The normalized spacial score (nSPS) is 22.5. The molecule has 0 amide bonds. The number of rotatable bonds is 3. The lowest BCUT2D eigenvalue weighted by atomic mass is 9.91. The number of hydrogen-bond acceptors (Lipinski definition) is 5. The van der Waals surface area contributed by atoms with Crippen LogP contribution in [0.3, 0.4) is 0 Å². The van der Waals surface area contributed by atoms with Crippen molar-refractivity contribution >= 4 is 21.6 Å². The number of fused-ring (bicyclic) bond motifs is 4. The maximum Gasteiger partial charge on any atom is 0.387 e. The third kappa shape index (κ3) is 3.46. The van der Waals surface area contributed by atoms with E-state index in [4.69, 9.17) is 9.84 Å². The van der Waals surface area contributed by atoms with Crippen LogP contribution in [0.5, 0.6) is 11.5 Å². The first kappa shape index (κ1) is 19.8. The fourth-order valence-corrected chi connectivity index (χ4v) is 4.93. The zero-order chi connectivity index (χ0) is 20.9. The molecule has 2 aromatic rings. The molecule has 3 aliphatic rings. The number of nitrogens with zero attached hydrogens (tertiary/aromatic N) is 3. The van der Waals surface area contributed by atoms with Gasteiger partial charge < -0.3 is 14.4 Å². The lowest BCUT2D eigenvalue weighted by molar-refractivity contribution is -0.147. The summed E-state index contributed by atoms with van der Waals surface area (Å²) < 4.78 is 37.0. The monoisotopic (exact) mass is 477 g/mol. The van der Waals surface area contributed by atoms with Gasteiger partial charge in [-0.05, 0) is 55.1 Å². The number of alkyl halides is 2. The lowest BCUT2D eigenvalue weighted by Crippen LogP contribution is -2.58. The van der Waals surface area contributed by atoms with E-state index in [0.717, 1.165) is 59.4 Å². The van der Waals surface area contributed by atoms with E-state index >= 15 is 0 Å². The Balaban J connectivity index is 1.50. The second-order valence-electron chi connectivity index (χ2n) is 8.05. The van der Waals surface area contributed by atoms with Crippen molar-refractivity contribution in [1.29, 1.82) is 0 Å². The minimum absolute atomic E-state index is 0.0849. The van der Waals surface area contributed by atoms with Crippen molar-refractivity contribution in [2.45, 2.75) is 37.6 Å². The highest BCUT2D eigenvalue weighted by Gasteiger charge is 2.51. The summed E-state index contributed by atoms with van der Waals surface area (Å²) >= 11 is 3.58. The maximum absolute atomic E-state index is 12.5. The summed E-state index contributed by atoms with van der Waals surface area (Å²) in [5.41, 5.74) is 2.49.